The molecule has 0 aromatic carbocycles. The molecule has 0 aromatic heterocycles. The number of ketones is 2. The summed E-state index contributed by atoms with van der Waals surface area (Å²) in [5, 5.41) is 23.1. The highest BCUT2D eigenvalue weighted by atomic mass is 32.2. The molecule has 0 aromatic rings. The van der Waals surface area contributed by atoms with Gasteiger partial charge in [0.2, 0.25) is 0 Å². The predicted molar refractivity (Wildman–Crippen MR) is 129 cm³/mol. The molecule has 0 saturated heterocycles. The van der Waals surface area contributed by atoms with Gasteiger partial charge in [-0.05, 0) is 42.7 Å². The molecule has 216 valence electrons. The minimum atomic E-state index is -4.41. The van der Waals surface area contributed by atoms with Crippen molar-refractivity contribution >= 4 is 31.8 Å². The van der Waals surface area contributed by atoms with E-state index in [9.17, 15) is 41.0 Å². The van der Waals surface area contributed by atoms with E-state index in [0.29, 0.717) is 12.5 Å². The van der Waals surface area contributed by atoms with Gasteiger partial charge in [-0.3, -0.25) is 18.0 Å². The smallest absolute Gasteiger partial charge is 0.265 e. The lowest BCUT2D eigenvalue weighted by Gasteiger charge is -2.65. The van der Waals surface area contributed by atoms with Gasteiger partial charge in [0.15, 0.2) is 23.9 Å². The van der Waals surface area contributed by atoms with Crippen LogP contribution in [0.3, 0.4) is 0 Å². The van der Waals surface area contributed by atoms with E-state index in [-0.39, 0.29) is 24.8 Å². The van der Waals surface area contributed by atoms with Crippen molar-refractivity contribution in [3.63, 3.8) is 0 Å². The SMILES string of the molecule is CC1C[C@H]2[C@@H]3C(OS(C)(=O)=O)C(OS(C)(=O)=O)C4=CC(=O)CC[C@]4(C)[C@@]3(F)C(O)C[C@]2(C)[C@@]1(O)C(=O)CF. The predicted octanol–water partition coefficient (Wildman–Crippen LogP) is 1.01. The molecule has 0 spiro atoms. The summed E-state index contributed by atoms with van der Waals surface area (Å²) in [7, 11) is -8.75. The van der Waals surface area contributed by atoms with Gasteiger partial charge in [-0.25, -0.2) is 8.78 Å². The summed E-state index contributed by atoms with van der Waals surface area (Å²) in [5.74, 6) is -5.23. The normalized spacial score (nSPS) is 47.1. The van der Waals surface area contributed by atoms with Gasteiger partial charge in [-0.2, -0.15) is 16.8 Å². The fourth-order valence-corrected chi connectivity index (χ4v) is 9.39. The Hall–Kier alpha value is -1.32. The minimum Gasteiger partial charge on any atom is -0.390 e. The highest BCUT2D eigenvalue weighted by molar-refractivity contribution is 7.86. The van der Waals surface area contributed by atoms with Gasteiger partial charge in [0.25, 0.3) is 20.2 Å². The van der Waals surface area contributed by atoms with Crippen LogP contribution >= 0.6 is 0 Å². The fourth-order valence-electron chi connectivity index (χ4n) is 8.17. The molecule has 14 heteroatoms. The molecule has 3 fully saturated rings. The first-order chi connectivity index (χ1) is 17.2. The van der Waals surface area contributed by atoms with Gasteiger partial charge >= 0.3 is 0 Å². The molecule has 4 rings (SSSR count). The summed E-state index contributed by atoms with van der Waals surface area (Å²) in [5.41, 5.74) is -8.51. The fraction of sp³-hybridized carbons (Fsp3) is 0.833. The Morgan fingerprint density at radius 1 is 1.16 bits per heavy atom. The number of Topliss-reactive ketones (excluding diaryl/α,β-unsaturated/α-hetero) is 1. The number of hydrogen-bond donors (Lipinski definition) is 2. The summed E-state index contributed by atoms with van der Waals surface area (Å²) in [4.78, 5) is 25.2. The van der Waals surface area contributed by atoms with Crippen molar-refractivity contribution in [3.8, 4) is 0 Å². The topological polar surface area (TPSA) is 161 Å². The van der Waals surface area contributed by atoms with Crippen molar-refractivity contribution in [1.29, 1.82) is 0 Å². The van der Waals surface area contributed by atoms with Crippen LogP contribution in [-0.2, 0) is 38.2 Å². The highest BCUT2D eigenvalue weighted by Gasteiger charge is 2.79. The maximum absolute atomic E-state index is 17.8. The van der Waals surface area contributed by atoms with Gasteiger partial charge in [0.05, 0.1) is 18.6 Å². The second kappa shape index (κ2) is 8.84. The molecule has 38 heavy (non-hydrogen) atoms. The molecule has 0 radical (unpaired) electrons. The average molecular weight is 585 g/mol. The molecule has 10 nitrogen and oxygen atoms in total. The molecule has 2 N–H and O–H groups in total. The summed E-state index contributed by atoms with van der Waals surface area (Å²) in [6.45, 7) is 2.80. The van der Waals surface area contributed by atoms with Crippen LogP contribution in [0.15, 0.2) is 11.6 Å². The maximum Gasteiger partial charge on any atom is 0.265 e. The van der Waals surface area contributed by atoms with E-state index in [1.807, 2.05) is 0 Å². The van der Waals surface area contributed by atoms with Crippen molar-refractivity contribution in [3.05, 3.63) is 11.6 Å². The van der Waals surface area contributed by atoms with Crippen molar-refractivity contribution < 1.29 is 53.8 Å². The second-order valence-electron chi connectivity index (χ2n) is 11.9. The standard InChI is InChI=1S/C24H34F2O10S2/c1-12-8-14-18-20(36-38(5,33)34)19(35-37(4,31)32)15-9-13(27)6-7-21(15,2)23(18,26)16(28)10-22(14,3)24(12,30)17(29)11-25/h9,12,14,16,18-20,28,30H,6-8,10-11H2,1-5H3/t12?,14-,16?,18+,19?,20?,21-,22-,23+,24-/m0/s1. The van der Waals surface area contributed by atoms with Gasteiger partial charge in [-0.15, -0.1) is 0 Å². The van der Waals surface area contributed by atoms with Crippen LogP contribution in [0.5, 0.6) is 0 Å². The molecule has 4 aliphatic rings. The van der Waals surface area contributed by atoms with Crippen LogP contribution in [-0.4, -0.2) is 87.4 Å². The van der Waals surface area contributed by atoms with Crippen LogP contribution in [0.2, 0.25) is 0 Å². The molecule has 4 unspecified atom stereocenters. The lowest BCUT2D eigenvalue weighted by molar-refractivity contribution is -0.255. The first-order valence-corrected chi connectivity index (χ1v) is 16.0. The van der Waals surface area contributed by atoms with Crippen LogP contribution in [0.4, 0.5) is 8.78 Å². The number of aliphatic hydroxyl groups excluding tert-OH is 1. The van der Waals surface area contributed by atoms with Crippen LogP contribution in [0, 0.1) is 28.6 Å². The lowest BCUT2D eigenvalue weighted by atomic mass is 9.42. The molecule has 0 heterocycles. The number of fused-ring (bicyclic) bond motifs is 5. The first kappa shape index (κ1) is 29.7. The molecule has 10 atom stereocenters. The number of hydrogen-bond acceptors (Lipinski definition) is 10. The molecule has 0 aliphatic heterocycles. The Labute approximate surface area is 221 Å². The third-order valence-corrected chi connectivity index (χ3v) is 10.9. The third kappa shape index (κ3) is 3.96. The van der Waals surface area contributed by atoms with Crippen molar-refractivity contribution in [2.45, 2.75) is 76.0 Å². The quantitative estimate of drug-likeness (QED) is 0.431. The summed E-state index contributed by atoms with van der Waals surface area (Å²) < 4.78 is 91.7. The second-order valence-corrected chi connectivity index (χ2v) is 15.1. The monoisotopic (exact) mass is 584 g/mol. The van der Waals surface area contributed by atoms with Crippen molar-refractivity contribution in [2.75, 3.05) is 19.2 Å². The molecule has 0 amide bonds. The number of carbonyl (C=O) groups is 2. The van der Waals surface area contributed by atoms with Crippen LogP contribution in [0.1, 0.15) is 46.5 Å². The van der Waals surface area contributed by atoms with E-state index >= 15 is 4.39 Å². The Balaban J connectivity index is 2.05. The molecule has 4 aliphatic carbocycles. The van der Waals surface area contributed by atoms with E-state index in [4.69, 9.17) is 8.37 Å². The summed E-state index contributed by atoms with van der Waals surface area (Å²) >= 11 is 0. The Kier molecular flexibility index (Phi) is 6.90. The summed E-state index contributed by atoms with van der Waals surface area (Å²) in [6.07, 6.45) is -4.01. The third-order valence-electron chi connectivity index (χ3n) is 9.77. The van der Waals surface area contributed by atoms with E-state index in [1.165, 1.54) is 20.8 Å². The molecule has 0 bridgehead atoms. The van der Waals surface area contributed by atoms with Crippen molar-refractivity contribution in [2.24, 2.45) is 28.6 Å². The number of halogens is 2. The lowest BCUT2D eigenvalue weighted by Crippen LogP contribution is -2.75. The molecular formula is C24H34F2O10S2. The molecular weight excluding hydrogens is 550 g/mol. The van der Waals surface area contributed by atoms with Gasteiger partial charge < -0.3 is 10.2 Å². The number of aliphatic hydroxyl groups is 2. The largest absolute Gasteiger partial charge is 0.390 e. The highest BCUT2D eigenvalue weighted by Crippen LogP contribution is 2.72. The van der Waals surface area contributed by atoms with Crippen LogP contribution < -0.4 is 0 Å². The summed E-state index contributed by atoms with van der Waals surface area (Å²) in [6, 6.07) is 0. The first-order valence-electron chi connectivity index (χ1n) is 12.4. The van der Waals surface area contributed by atoms with Gasteiger partial charge in [0, 0.05) is 23.2 Å². The van der Waals surface area contributed by atoms with E-state index in [1.54, 1.807) is 0 Å². The average Bonchev–Trinajstić information content (AvgIpc) is 2.97. The zero-order chi connectivity index (χ0) is 28.9. The Morgan fingerprint density at radius 2 is 1.74 bits per heavy atom. The van der Waals surface area contributed by atoms with E-state index in [2.05, 4.69) is 0 Å². The van der Waals surface area contributed by atoms with E-state index in [0.717, 1.165) is 6.08 Å². The van der Waals surface area contributed by atoms with Crippen LogP contribution in [0.25, 0.3) is 0 Å². The van der Waals surface area contributed by atoms with Gasteiger partial charge in [-0.1, -0.05) is 20.8 Å². The maximum atomic E-state index is 17.8. The van der Waals surface area contributed by atoms with Crippen molar-refractivity contribution in [1.82, 2.24) is 0 Å². The zero-order valence-electron chi connectivity index (χ0n) is 21.8. The zero-order valence-corrected chi connectivity index (χ0v) is 23.4. The van der Waals surface area contributed by atoms with E-state index < -0.39 is 103 Å². The minimum absolute atomic E-state index is 0.0783. The number of rotatable bonds is 6. The Morgan fingerprint density at radius 3 is 2.26 bits per heavy atom. The number of carbonyl (C=O) groups excluding carboxylic acids is 2. The Bertz CT molecular complexity index is 1300. The molecule has 3 saturated carbocycles. The van der Waals surface area contributed by atoms with Gasteiger partial charge in [0.1, 0.15) is 17.8 Å². The number of alkyl halides is 2.